The molecule has 0 saturated carbocycles. The van der Waals surface area contributed by atoms with Crippen LogP contribution in [0, 0.1) is 5.82 Å². The van der Waals surface area contributed by atoms with Crippen LogP contribution in [0.5, 0.6) is 0 Å². The van der Waals surface area contributed by atoms with Gasteiger partial charge in [0, 0.05) is 10.3 Å². The van der Waals surface area contributed by atoms with Gasteiger partial charge in [0.25, 0.3) is 0 Å². The first-order valence-corrected chi connectivity index (χ1v) is 6.17. The van der Waals surface area contributed by atoms with Gasteiger partial charge in [-0.15, -0.1) is 35.7 Å². The van der Waals surface area contributed by atoms with Gasteiger partial charge in [-0.2, -0.15) is 0 Å². The third-order valence-corrected chi connectivity index (χ3v) is 4.22. The summed E-state index contributed by atoms with van der Waals surface area (Å²) in [5.41, 5.74) is 0. The Bertz CT molecular complexity index is 447. The maximum atomic E-state index is 13.4. The Morgan fingerprint density at radius 2 is 2.23 bits per heavy atom. The van der Waals surface area contributed by atoms with Gasteiger partial charge in [0.1, 0.15) is 0 Å². The lowest BCUT2D eigenvalue weighted by molar-refractivity contribution is 0.624. The highest BCUT2D eigenvalue weighted by Crippen LogP contribution is 2.37. The van der Waals surface area contributed by atoms with Crippen molar-refractivity contribution in [2.45, 2.75) is 9.10 Å². The summed E-state index contributed by atoms with van der Waals surface area (Å²) in [4.78, 5) is 1.11. The van der Waals surface area contributed by atoms with E-state index in [0.717, 1.165) is 9.60 Å². The number of thioether (sulfide) groups is 1. The molecule has 0 fully saturated rings. The molecule has 0 atom stereocenters. The minimum Gasteiger partial charge on any atom is -0.204 e. The molecule has 68 valence electrons. The van der Waals surface area contributed by atoms with Gasteiger partial charge in [0.05, 0.1) is 8.91 Å². The molecule has 0 aliphatic rings. The molecule has 2 aromatic rings. The third kappa shape index (κ3) is 1.47. The van der Waals surface area contributed by atoms with Gasteiger partial charge in [-0.3, -0.25) is 0 Å². The summed E-state index contributed by atoms with van der Waals surface area (Å²) in [6.07, 6.45) is 1.99. The van der Waals surface area contributed by atoms with E-state index in [1.54, 1.807) is 17.8 Å². The van der Waals surface area contributed by atoms with E-state index < -0.39 is 0 Å². The van der Waals surface area contributed by atoms with Crippen LogP contribution < -0.4 is 0 Å². The molecule has 13 heavy (non-hydrogen) atoms. The zero-order chi connectivity index (χ0) is 9.42. The molecule has 0 spiro atoms. The monoisotopic (exact) mass is 230 g/mol. The highest BCUT2D eigenvalue weighted by molar-refractivity contribution is 7.99. The van der Waals surface area contributed by atoms with Crippen molar-refractivity contribution in [3.63, 3.8) is 0 Å². The highest BCUT2D eigenvalue weighted by atomic mass is 32.2. The number of halogens is 1. The third-order valence-electron chi connectivity index (χ3n) is 1.82. The Labute approximate surface area is 89.6 Å². The SMILES string of the molecule is CSc1cccc2c(F)c(S)sc12. The Balaban J connectivity index is 2.84. The van der Waals surface area contributed by atoms with Crippen molar-refractivity contribution >= 4 is 45.8 Å². The summed E-state index contributed by atoms with van der Waals surface area (Å²) in [6, 6.07) is 5.66. The Hall–Kier alpha value is -0.190. The van der Waals surface area contributed by atoms with E-state index in [1.807, 2.05) is 18.4 Å². The second kappa shape index (κ2) is 3.52. The molecule has 0 aliphatic carbocycles. The maximum absolute atomic E-state index is 13.4. The molecular weight excluding hydrogens is 223 g/mol. The van der Waals surface area contributed by atoms with Gasteiger partial charge in [0.2, 0.25) is 0 Å². The van der Waals surface area contributed by atoms with E-state index in [2.05, 4.69) is 12.6 Å². The number of fused-ring (bicyclic) bond motifs is 1. The maximum Gasteiger partial charge on any atom is 0.155 e. The van der Waals surface area contributed by atoms with Gasteiger partial charge in [0.15, 0.2) is 5.82 Å². The molecule has 2 rings (SSSR count). The summed E-state index contributed by atoms with van der Waals surface area (Å²) in [5, 5.41) is 0.682. The fraction of sp³-hybridized carbons (Fsp3) is 0.111. The zero-order valence-corrected chi connectivity index (χ0v) is 9.40. The van der Waals surface area contributed by atoms with Gasteiger partial charge in [-0.25, -0.2) is 4.39 Å². The van der Waals surface area contributed by atoms with E-state index in [4.69, 9.17) is 0 Å². The van der Waals surface area contributed by atoms with E-state index in [9.17, 15) is 4.39 Å². The Morgan fingerprint density at radius 1 is 1.46 bits per heavy atom. The summed E-state index contributed by atoms with van der Waals surface area (Å²) >= 11 is 7.11. The molecule has 0 aliphatic heterocycles. The lowest BCUT2D eigenvalue weighted by Crippen LogP contribution is -1.72. The van der Waals surface area contributed by atoms with Crippen LogP contribution in [0.2, 0.25) is 0 Å². The predicted molar refractivity (Wildman–Crippen MR) is 60.8 cm³/mol. The lowest BCUT2D eigenvalue weighted by Gasteiger charge is -1.96. The molecule has 0 saturated heterocycles. The van der Waals surface area contributed by atoms with Crippen LogP contribution in [0.4, 0.5) is 4.39 Å². The first-order chi connectivity index (χ1) is 6.24. The normalized spacial score (nSPS) is 11.0. The van der Waals surface area contributed by atoms with Crippen LogP contribution >= 0.6 is 35.7 Å². The van der Waals surface area contributed by atoms with E-state index in [-0.39, 0.29) is 5.82 Å². The molecule has 0 unspecified atom stereocenters. The van der Waals surface area contributed by atoms with Crippen molar-refractivity contribution in [2.24, 2.45) is 0 Å². The van der Waals surface area contributed by atoms with Crippen LogP contribution in [-0.2, 0) is 0 Å². The van der Waals surface area contributed by atoms with Gasteiger partial charge in [-0.05, 0) is 12.3 Å². The summed E-state index contributed by atoms with van der Waals surface area (Å²) < 4.78 is 14.9. The van der Waals surface area contributed by atoms with Gasteiger partial charge in [-0.1, -0.05) is 12.1 Å². The molecule has 0 bridgehead atoms. The first kappa shape index (κ1) is 9.37. The number of rotatable bonds is 1. The summed E-state index contributed by atoms with van der Waals surface area (Å²) in [7, 11) is 0. The van der Waals surface area contributed by atoms with E-state index in [0.29, 0.717) is 9.60 Å². The van der Waals surface area contributed by atoms with Crippen LogP contribution in [0.25, 0.3) is 10.1 Å². The predicted octanol–water partition coefficient (Wildman–Crippen LogP) is 4.05. The van der Waals surface area contributed by atoms with Crippen LogP contribution in [0.15, 0.2) is 27.3 Å². The molecule has 1 aromatic carbocycles. The molecule has 0 amide bonds. The second-order valence-electron chi connectivity index (χ2n) is 2.56. The zero-order valence-electron chi connectivity index (χ0n) is 6.87. The van der Waals surface area contributed by atoms with Crippen molar-refractivity contribution in [1.29, 1.82) is 0 Å². The molecule has 0 radical (unpaired) electrons. The average Bonchev–Trinajstić information content (AvgIpc) is 2.43. The number of hydrogen-bond acceptors (Lipinski definition) is 3. The molecule has 0 N–H and O–H groups in total. The number of thiophene rings is 1. The second-order valence-corrected chi connectivity index (χ2v) is 5.18. The standard InChI is InChI=1S/C9H7FS3/c1-12-6-4-2-3-5-7(10)9(11)13-8(5)6/h2-4,11H,1H3. The molecule has 1 aromatic heterocycles. The van der Waals surface area contributed by atoms with E-state index in [1.165, 1.54) is 11.3 Å². The van der Waals surface area contributed by atoms with Crippen LogP contribution in [-0.4, -0.2) is 6.26 Å². The Kier molecular flexibility index (Phi) is 2.53. The topological polar surface area (TPSA) is 0 Å². The molecule has 4 heteroatoms. The fourth-order valence-corrected chi connectivity index (χ4v) is 3.32. The van der Waals surface area contributed by atoms with E-state index >= 15 is 0 Å². The Morgan fingerprint density at radius 3 is 2.92 bits per heavy atom. The quantitative estimate of drug-likeness (QED) is 0.569. The minimum absolute atomic E-state index is 0.195. The minimum atomic E-state index is -0.195. The summed E-state index contributed by atoms with van der Waals surface area (Å²) in [6.45, 7) is 0. The first-order valence-electron chi connectivity index (χ1n) is 3.68. The molecule has 0 nitrogen and oxygen atoms in total. The average molecular weight is 230 g/mol. The summed E-state index contributed by atoms with van der Waals surface area (Å²) in [5.74, 6) is -0.195. The molecule has 1 heterocycles. The number of thiol groups is 1. The largest absolute Gasteiger partial charge is 0.204 e. The van der Waals surface area contributed by atoms with Crippen LogP contribution in [0.1, 0.15) is 0 Å². The fourth-order valence-electron chi connectivity index (χ4n) is 1.21. The van der Waals surface area contributed by atoms with Gasteiger partial charge < -0.3 is 0 Å². The number of benzene rings is 1. The smallest absolute Gasteiger partial charge is 0.155 e. The van der Waals surface area contributed by atoms with Crippen molar-refractivity contribution in [1.82, 2.24) is 0 Å². The van der Waals surface area contributed by atoms with Crippen LogP contribution in [0.3, 0.4) is 0 Å². The van der Waals surface area contributed by atoms with Crippen molar-refractivity contribution in [2.75, 3.05) is 6.26 Å². The van der Waals surface area contributed by atoms with Crippen molar-refractivity contribution < 1.29 is 4.39 Å². The van der Waals surface area contributed by atoms with Crippen molar-refractivity contribution in [3.8, 4) is 0 Å². The lowest BCUT2D eigenvalue weighted by atomic mass is 10.2. The molecular formula is C9H7FS3. The highest BCUT2D eigenvalue weighted by Gasteiger charge is 2.10. The van der Waals surface area contributed by atoms with Gasteiger partial charge >= 0.3 is 0 Å². The number of hydrogen-bond donors (Lipinski definition) is 1. The van der Waals surface area contributed by atoms with Crippen molar-refractivity contribution in [3.05, 3.63) is 24.0 Å².